The Morgan fingerprint density at radius 2 is 2.02 bits per heavy atom. The van der Waals surface area contributed by atoms with Crippen molar-refractivity contribution in [1.29, 1.82) is 0 Å². The van der Waals surface area contributed by atoms with Gasteiger partial charge in [-0.25, -0.2) is 9.97 Å². The maximum Gasteiger partial charge on any atom is 0.284 e. The van der Waals surface area contributed by atoms with E-state index in [9.17, 15) is 4.79 Å². The van der Waals surface area contributed by atoms with Crippen LogP contribution in [0.1, 0.15) is 60.8 Å². The third-order valence-electron chi connectivity index (χ3n) is 7.49. The maximum atomic E-state index is 13.3. The molecule has 40 heavy (non-hydrogen) atoms. The lowest BCUT2D eigenvalue weighted by molar-refractivity contribution is -0.0653. The zero-order chi connectivity index (χ0) is 27.9. The number of carbonyl (C=O) groups excluding carboxylic acids is 1. The quantitative estimate of drug-likeness (QED) is 0.344. The first kappa shape index (κ1) is 26.3. The fraction of sp³-hybridized carbons (Fsp3) is 0.448. The fourth-order valence-corrected chi connectivity index (χ4v) is 5.20. The first-order chi connectivity index (χ1) is 19.2. The summed E-state index contributed by atoms with van der Waals surface area (Å²) in [4.78, 5) is 24.9. The summed E-state index contributed by atoms with van der Waals surface area (Å²) in [5.74, 6) is 0.932. The molecule has 0 aliphatic carbocycles. The van der Waals surface area contributed by atoms with Crippen LogP contribution >= 0.6 is 0 Å². The molecule has 3 aromatic heterocycles. The Kier molecular flexibility index (Phi) is 6.93. The lowest BCUT2D eigenvalue weighted by Gasteiger charge is -2.37. The van der Waals surface area contributed by atoms with Gasteiger partial charge in [0.15, 0.2) is 0 Å². The van der Waals surface area contributed by atoms with Gasteiger partial charge in [0.2, 0.25) is 17.6 Å². The van der Waals surface area contributed by atoms with Gasteiger partial charge < -0.3 is 14.5 Å². The van der Waals surface area contributed by atoms with E-state index in [4.69, 9.17) is 14.1 Å². The van der Waals surface area contributed by atoms with E-state index in [0.717, 1.165) is 49.7 Å². The van der Waals surface area contributed by atoms with E-state index in [1.54, 1.807) is 17.1 Å². The third kappa shape index (κ3) is 5.52. The van der Waals surface area contributed by atoms with Gasteiger partial charge in [-0.1, -0.05) is 32.9 Å². The summed E-state index contributed by atoms with van der Waals surface area (Å²) < 4.78 is 13.0. The SMILES string of the molecule is Cn1cc(Nc2nccc(-c3ccc4c(c3)CCN(C3COC3)CC4CC(=O)c3nnc(C(C)(C)C)o3)n2)cn1. The Hall–Kier alpha value is -3.96. The number of carbonyl (C=O) groups is 1. The van der Waals surface area contributed by atoms with Crippen molar-refractivity contribution in [1.82, 2.24) is 34.8 Å². The lowest BCUT2D eigenvalue weighted by Crippen LogP contribution is -2.50. The molecule has 2 aliphatic heterocycles. The number of hydrogen-bond acceptors (Lipinski definition) is 10. The van der Waals surface area contributed by atoms with Crippen molar-refractivity contribution in [3.8, 4) is 11.3 Å². The molecule has 1 atom stereocenters. The summed E-state index contributed by atoms with van der Waals surface area (Å²) in [5, 5.41) is 15.6. The Labute approximate surface area is 233 Å². The maximum absolute atomic E-state index is 13.3. The van der Waals surface area contributed by atoms with E-state index >= 15 is 0 Å². The second-order valence-corrected chi connectivity index (χ2v) is 11.6. The first-order valence-corrected chi connectivity index (χ1v) is 13.6. The molecule has 0 amide bonds. The van der Waals surface area contributed by atoms with Crippen LogP contribution in [-0.4, -0.2) is 73.0 Å². The summed E-state index contributed by atoms with van der Waals surface area (Å²) in [6.45, 7) is 9.11. The number of Topliss-reactive ketones (excluding diaryl/α,β-unsaturated/α-hetero) is 1. The zero-order valence-corrected chi connectivity index (χ0v) is 23.3. The van der Waals surface area contributed by atoms with E-state index < -0.39 is 0 Å². The number of nitrogens with zero attached hydrogens (tertiary/aromatic N) is 7. The number of aromatic nitrogens is 6. The number of anilines is 2. The summed E-state index contributed by atoms with van der Waals surface area (Å²) >= 11 is 0. The molecule has 1 aromatic carbocycles. The van der Waals surface area contributed by atoms with Gasteiger partial charge >= 0.3 is 0 Å². The number of ketones is 1. The topological polar surface area (TPSA) is 124 Å². The van der Waals surface area contributed by atoms with Gasteiger partial charge in [-0.15, -0.1) is 10.2 Å². The van der Waals surface area contributed by atoms with Crippen molar-refractivity contribution in [2.24, 2.45) is 7.05 Å². The summed E-state index contributed by atoms with van der Waals surface area (Å²) in [5.41, 5.74) is 4.74. The molecule has 1 fully saturated rings. The Morgan fingerprint density at radius 1 is 1.18 bits per heavy atom. The van der Waals surface area contributed by atoms with Crippen LogP contribution in [0.25, 0.3) is 11.3 Å². The van der Waals surface area contributed by atoms with E-state index in [1.165, 1.54) is 11.1 Å². The summed E-state index contributed by atoms with van der Waals surface area (Å²) in [6, 6.07) is 8.72. The number of hydrogen-bond donors (Lipinski definition) is 1. The molecule has 1 saturated heterocycles. The van der Waals surface area contributed by atoms with Crippen LogP contribution < -0.4 is 5.32 Å². The fourth-order valence-electron chi connectivity index (χ4n) is 5.20. The van der Waals surface area contributed by atoms with Gasteiger partial charge in [-0.05, 0) is 29.7 Å². The van der Waals surface area contributed by atoms with E-state index in [-0.39, 0.29) is 23.0 Å². The molecule has 208 valence electrons. The number of fused-ring (bicyclic) bond motifs is 1. The van der Waals surface area contributed by atoms with Crippen LogP contribution in [0.4, 0.5) is 11.6 Å². The molecule has 11 nitrogen and oxygen atoms in total. The third-order valence-corrected chi connectivity index (χ3v) is 7.49. The molecule has 11 heteroatoms. The molecule has 5 heterocycles. The number of benzene rings is 1. The van der Waals surface area contributed by atoms with Crippen LogP contribution in [0, 0.1) is 0 Å². The molecular weight excluding hydrogens is 508 g/mol. The molecular formula is C29H34N8O3. The number of aryl methyl sites for hydroxylation is 1. The molecule has 0 saturated carbocycles. The lowest BCUT2D eigenvalue weighted by atomic mass is 9.88. The number of rotatable bonds is 7. The van der Waals surface area contributed by atoms with E-state index in [1.807, 2.05) is 40.1 Å². The van der Waals surface area contributed by atoms with E-state index in [2.05, 4.69) is 48.7 Å². The second kappa shape index (κ2) is 10.5. The van der Waals surface area contributed by atoms with Gasteiger partial charge in [-0.2, -0.15) is 5.10 Å². The van der Waals surface area contributed by atoms with Crippen LogP contribution in [0.15, 0.2) is 47.3 Å². The molecule has 0 radical (unpaired) electrons. The van der Waals surface area contributed by atoms with Crippen LogP contribution in [0.5, 0.6) is 0 Å². The van der Waals surface area contributed by atoms with Gasteiger partial charge in [0.05, 0.1) is 36.8 Å². The van der Waals surface area contributed by atoms with Gasteiger partial charge in [-0.3, -0.25) is 14.4 Å². The van der Waals surface area contributed by atoms with Crippen molar-refractivity contribution in [3.63, 3.8) is 0 Å². The second-order valence-electron chi connectivity index (χ2n) is 11.6. The normalized spacial score (nSPS) is 18.1. The van der Waals surface area contributed by atoms with Crippen LogP contribution in [-0.2, 0) is 23.6 Å². The average molecular weight is 543 g/mol. The van der Waals surface area contributed by atoms with Gasteiger partial charge in [0.1, 0.15) is 0 Å². The zero-order valence-electron chi connectivity index (χ0n) is 23.3. The van der Waals surface area contributed by atoms with Crippen molar-refractivity contribution in [2.75, 3.05) is 31.6 Å². The predicted octanol–water partition coefficient (Wildman–Crippen LogP) is 3.91. The molecule has 0 spiro atoms. The minimum atomic E-state index is -0.313. The van der Waals surface area contributed by atoms with Gasteiger partial charge in [0.25, 0.3) is 5.89 Å². The average Bonchev–Trinajstić information content (AvgIpc) is 3.51. The molecule has 4 aromatic rings. The minimum Gasteiger partial charge on any atom is -0.418 e. The highest BCUT2D eigenvalue weighted by Gasteiger charge is 2.33. The Morgan fingerprint density at radius 3 is 2.73 bits per heavy atom. The summed E-state index contributed by atoms with van der Waals surface area (Å²) in [7, 11) is 1.86. The van der Waals surface area contributed by atoms with Gasteiger partial charge in [0, 0.05) is 55.8 Å². The molecule has 0 bridgehead atoms. The number of ether oxygens (including phenoxy) is 1. The highest BCUT2D eigenvalue weighted by molar-refractivity contribution is 5.92. The Balaban J connectivity index is 1.27. The highest BCUT2D eigenvalue weighted by atomic mass is 16.5. The molecule has 6 rings (SSSR count). The largest absolute Gasteiger partial charge is 0.418 e. The first-order valence-electron chi connectivity index (χ1n) is 13.6. The van der Waals surface area contributed by atoms with Crippen LogP contribution in [0.2, 0.25) is 0 Å². The highest BCUT2D eigenvalue weighted by Crippen LogP contribution is 2.34. The van der Waals surface area contributed by atoms with Crippen molar-refractivity contribution in [2.45, 2.75) is 51.0 Å². The standard InChI is InChI=1S/C29H34N8O3/c1-29(2,3)27-35-34-26(40-27)25(38)12-20-14-37(22-16-39-17-22)10-8-18-11-19(5-6-23(18)20)24-7-9-30-28(33-24)32-21-13-31-36(4)15-21/h5-7,9,11,13,15,20,22H,8,10,12,14,16-17H2,1-4H3,(H,30,32,33). The van der Waals surface area contributed by atoms with Crippen molar-refractivity contribution >= 4 is 17.4 Å². The van der Waals surface area contributed by atoms with Crippen molar-refractivity contribution in [3.05, 3.63) is 65.8 Å². The minimum absolute atomic E-state index is 0.00200. The van der Waals surface area contributed by atoms with E-state index in [0.29, 0.717) is 24.3 Å². The molecule has 2 aliphatic rings. The number of nitrogens with one attached hydrogen (secondary N) is 1. The van der Waals surface area contributed by atoms with Crippen LogP contribution in [0.3, 0.4) is 0 Å². The monoisotopic (exact) mass is 542 g/mol. The molecule has 1 N–H and O–H groups in total. The molecule has 1 unspecified atom stereocenters. The summed E-state index contributed by atoms with van der Waals surface area (Å²) in [6.07, 6.45) is 6.54. The van der Waals surface area contributed by atoms with Crippen molar-refractivity contribution < 1.29 is 13.9 Å². The predicted molar refractivity (Wildman–Crippen MR) is 149 cm³/mol. The smallest absolute Gasteiger partial charge is 0.284 e. The Bertz CT molecular complexity index is 1520.